The third-order valence-corrected chi connectivity index (χ3v) is 1.93. The van der Waals surface area contributed by atoms with Gasteiger partial charge < -0.3 is 10.7 Å². The van der Waals surface area contributed by atoms with Crippen molar-refractivity contribution in [1.82, 2.24) is 4.98 Å². The second kappa shape index (κ2) is 3.89. The molecule has 0 aliphatic heterocycles. The number of hydrogen-bond acceptors (Lipinski definition) is 2. The van der Waals surface area contributed by atoms with Crippen molar-refractivity contribution < 1.29 is 9.59 Å². The first kappa shape index (κ1) is 9.51. The van der Waals surface area contributed by atoms with E-state index in [0.717, 1.165) is 0 Å². The Morgan fingerprint density at radius 3 is 2.69 bits per heavy atom. The van der Waals surface area contributed by atoms with E-state index in [1.54, 1.807) is 25.3 Å². The lowest BCUT2D eigenvalue weighted by atomic mass is 9.98. The Balaban J connectivity index is 2.83. The zero-order valence-corrected chi connectivity index (χ0v) is 7.41. The number of hydrogen-bond donors (Lipinski definition) is 2. The summed E-state index contributed by atoms with van der Waals surface area (Å²) in [5, 5.41) is 0. The molecule has 0 saturated carbocycles. The normalized spacial score (nSPS) is 12.4. The highest BCUT2D eigenvalue weighted by Crippen LogP contribution is 2.09. The second-order valence-corrected chi connectivity index (χ2v) is 2.81. The van der Waals surface area contributed by atoms with Crippen LogP contribution in [0.5, 0.6) is 0 Å². The molecule has 1 amide bonds. The summed E-state index contributed by atoms with van der Waals surface area (Å²) < 4.78 is 0. The van der Waals surface area contributed by atoms with E-state index in [2.05, 4.69) is 4.98 Å². The van der Waals surface area contributed by atoms with E-state index in [-0.39, 0.29) is 5.78 Å². The summed E-state index contributed by atoms with van der Waals surface area (Å²) >= 11 is 0. The number of Topliss-reactive ketones (excluding diaryl/α,β-unsaturated/α-hetero) is 1. The minimum atomic E-state index is -0.710. The van der Waals surface area contributed by atoms with Crippen LogP contribution >= 0.6 is 0 Å². The monoisotopic (exact) mass is 180 g/mol. The first-order chi connectivity index (χ1) is 6.16. The largest absolute Gasteiger partial charge is 0.369 e. The van der Waals surface area contributed by atoms with Crippen molar-refractivity contribution in [2.45, 2.75) is 13.3 Å². The average Bonchev–Trinajstić information content (AvgIpc) is 2.56. The van der Waals surface area contributed by atoms with E-state index in [1.165, 1.54) is 0 Å². The second-order valence-electron chi connectivity index (χ2n) is 2.81. The maximum Gasteiger partial charge on any atom is 0.228 e. The Morgan fingerprint density at radius 1 is 1.62 bits per heavy atom. The van der Waals surface area contributed by atoms with Crippen LogP contribution in [0.15, 0.2) is 18.3 Å². The molecule has 1 unspecified atom stereocenters. The van der Waals surface area contributed by atoms with E-state index in [9.17, 15) is 9.59 Å². The van der Waals surface area contributed by atoms with Gasteiger partial charge in [-0.1, -0.05) is 6.92 Å². The van der Waals surface area contributed by atoms with Gasteiger partial charge in [0.05, 0.1) is 5.69 Å². The fraction of sp³-hybridized carbons (Fsp3) is 0.333. The van der Waals surface area contributed by atoms with E-state index < -0.39 is 11.8 Å². The van der Waals surface area contributed by atoms with Gasteiger partial charge in [-0.25, -0.2) is 0 Å². The standard InChI is InChI=1S/C9H12N2O2/c1-2-6(9(10)13)8(12)7-4-3-5-11-7/h3-6,11H,2H2,1H3,(H2,10,13). The fourth-order valence-electron chi connectivity index (χ4n) is 1.19. The number of rotatable bonds is 4. The Kier molecular flexibility index (Phi) is 2.84. The van der Waals surface area contributed by atoms with Gasteiger partial charge in [0.25, 0.3) is 0 Å². The first-order valence-corrected chi connectivity index (χ1v) is 4.13. The van der Waals surface area contributed by atoms with Crippen molar-refractivity contribution >= 4 is 11.7 Å². The Bertz CT molecular complexity index is 303. The first-order valence-electron chi connectivity index (χ1n) is 4.13. The van der Waals surface area contributed by atoms with Crippen LogP contribution < -0.4 is 5.73 Å². The molecule has 1 heterocycles. The summed E-state index contributed by atoms with van der Waals surface area (Å²) in [5.74, 6) is -1.51. The van der Waals surface area contributed by atoms with Crippen molar-refractivity contribution in [2.24, 2.45) is 11.7 Å². The van der Waals surface area contributed by atoms with Gasteiger partial charge in [-0.3, -0.25) is 9.59 Å². The molecular formula is C9H12N2O2. The number of H-pyrrole nitrogens is 1. The molecule has 4 nitrogen and oxygen atoms in total. The number of primary amides is 1. The molecule has 0 aliphatic rings. The van der Waals surface area contributed by atoms with Crippen LogP contribution in [0.3, 0.4) is 0 Å². The van der Waals surface area contributed by atoms with Gasteiger partial charge in [0, 0.05) is 6.20 Å². The smallest absolute Gasteiger partial charge is 0.228 e. The molecule has 0 saturated heterocycles. The fourth-order valence-corrected chi connectivity index (χ4v) is 1.19. The summed E-state index contributed by atoms with van der Waals surface area (Å²) in [6.07, 6.45) is 2.08. The maximum atomic E-state index is 11.5. The minimum Gasteiger partial charge on any atom is -0.369 e. The molecular weight excluding hydrogens is 168 g/mol. The zero-order chi connectivity index (χ0) is 9.84. The molecule has 0 aliphatic carbocycles. The van der Waals surface area contributed by atoms with Gasteiger partial charge in [-0.05, 0) is 18.6 Å². The quantitative estimate of drug-likeness (QED) is 0.528. The van der Waals surface area contributed by atoms with Crippen LogP contribution in [0.25, 0.3) is 0 Å². The van der Waals surface area contributed by atoms with Crippen LogP contribution in [-0.2, 0) is 4.79 Å². The molecule has 0 aromatic carbocycles. The van der Waals surface area contributed by atoms with Crippen LogP contribution in [0, 0.1) is 5.92 Å². The molecule has 4 heteroatoms. The van der Waals surface area contributed by atoms with E-state index in [1.807, 2.05) is 0 Å². The SMILES string of the molecule is CCC(C(N)=O)C(=O)c1ccc[nH]1. The van der Waals surface area contributed by atoms with Gasteiger partial charge in [0.2, 0.25) is 5.91 Å². The number of ketones is 1. The highest BCUT2D eigenvalue weighted by atomic mass is 16.2. The van der Waals surface area contributed by atoms with Gasteiger partial charge >= 0.3 is 0 Å². The number of nitrogens with one attached hydrogen (secondary N) is 1. The van der Waals surface area contributed by atoms with Crippen molar-refractivity contribution in [1.29, 1.82) is 0 Å². The lowest BCUT2D eigenvalue weighted by Crippen LogP contribution is -2.30. The molecule has 0 bridgehead atoms. The molecule has 1 aromatic heterocycles. The number of carbonyl (C=O) groups is 2. The summed E-state index contributed by atoms with van der Waals surface area (Å²) in [4.78, 5) is 25.2. The summed E-state index contributed by atoms with van der Waals surface area (Å²) in [6.45, 7) is 1.76. The third kappa shape index (κ3) is 1.96. The molecule has 0 fully saturated rings. The van der Waals surface area contributed by atoms with Crippen LogP contribution in [0.2, 0.25) is 0 Å². The average molecular weight is 180 g/mol. The van der Waals surface area contributed by atoms with Gasteiger partial charge in [-0.15, -0.1) is 0 Å². The molecule has 1 aromatic rings. The Labute approximate surface area is 76.1 Å². The lowest BCUT2D eigenvalue weighted by Gasteiger charge is -2.07. The molecule has 0 radical (unpaired) electrons. The molecule has 0 spiro atoms. The lowest BCUT2D eigenvalue weighted by molar-refractivity contribution is -0.120. The molecule has 1 atom stereocenters. The van der Waals surface area contributed by atoms with Crippen molar-refractivity contribution in [2.75, 3.05) is 0 Å². The Hall–Kier alpha value is -1.58. The number of aromatic nitrogens is 1. The van der Waals surface area contributed by atoms with E-state index in [4.69, 9.17) is 5.73 Å². The van der Waals surface area contributed by atoms with E-state index >= 15 is 0 Å². The van der Waals surface area contributed by atoms with Crippen LogP contribution in [-0.4, -0.2) is 16.7 Å². The van der Waals surface area contributed by atoms with Gasteiger partial charge in [0.1, 0.15) is 5.92 Å². The van der Waals surface area contributed by atoms with E-state index in [0.29, 0.717) is 12.1 Å². The number of nitrogens with two attached hydrogens (primary N) is 1. The minimum absolute atomic E-state index is 0.236. The summed E-state index contributed by atoms with van der Waals surface area (Å²) in [5.41, 5.74) is 5.52. The highest BCUT2D eigenvalue weighted by molar-refractivity contribution is 6.08. The highest BCUT2D eigenvalue weighted by Gasteiger charge is 2.23. The van der Waals surface area contributed by atoms with Crippen molar-refractivity contribution in [3.8, 4) is 0 Å². The summed E-state index contributed by atoms with van der Waals surface area (Å²) in [7, 11) is 0. The van der Waals surface area contributed by atoms with Gasteiger partial charge in [0.15, 0.2) is 5.78 Å². The molecule has 70 valence electrons. The summed E-state index contributed by atoms with van der Waals surface area (Å²) in [6, 6.07) is 3.34. The molecule has 3 N–H and O–H groups in total. The topological polar surface area (TPSA) is 76.0 Å². The zero-order valence-electron chi connectivity index (χ0n) is 7.41. The number of amides is 1. The predicted molar refractivity (Wildman–Crippen MR) is 48.1 cm³/mol. The van der Waals surface area contributed by atoms with Gasteiger partial charge in [-0.2, -0.15) is 0 Å². The van der Waals surface area contributed by atoms with Crippen LogP contribution in [0.4, 0.5) is 0 Å². The number of carbonyl (C=O) groups excluding carboxylic acids is 2. The Morgan fingerprint density at radius 2 is 2.31 bits per heavy atom. The number of aromatic amines is 1. The van der Waals surface area contributed by atoms with Crippen molar-refractivity contribution in [3.63, 3.8) is 0 Å². The molecule has 13 heavy (non-hydrogen) atoms. The third-order valence-electron chi connectivity index (χ3n) is 1.93. The van der Waals surface area contributed by atoms with Crippen molar-refractivity contribution in [3.05, 3.63) is 24.0 Å². The maximum absolute atomic E-state index is 11.5. The molecule has 1 rings (SSSR count). The van der Waals surface area contributed by atoms with Crippen LogP contribution in [0.1, 0.15) is 23.8 Å². The predicted octanol–water partition coefficient (Wildman–Crippen LogP) is 0.709.